The van der Waals surface area contributed by atoms with Gasteiger partial charge in [-0.1, -0.05) is 84.6 Å². The molecule has 1 atom stereocenters. The molecule has 0 aliphatic heterocycles. The number of nitrogens with zero attached hydrogens (tertiary/aromatic N) is 2. The Labute approximate surface area is 288 Å². The summed E-state index contributed by atoms with van der Waals surface area (Å²) in [5, 5.41) is 3.69. The van der Waals surface area contributed by atoms with Crippen molar-refractivity contribution in [2.75, 3.05) is 17.5 Å². The highest BCUT2D eigenvalue weighted by Gasteiger charge is 2.35. The van der Waals surface area contributed by atoms with E-state index in [0.717, 1.165) is 46.7 Å². The largest absolute Gasteiger partial charge is 0.494 e. The summed E-state index contributed by atoms with van der Waals surface area (Å²) < 4.78 is 35.2. The number of aryl methyl sites for hydroxylation is 1. The standard InChI is InChI=1S/C38H42ClN3O5S/c1-3-47-34-20-18-33(19-21-34)42(48(45,46)35-22-16-28(2)17-23-35)27-37(43)41(26-30-12-9-13-31(39)24-30)36(25-29-10-5-4-6-11-29)38(44)40-32-14-7-8-15-32/h4-6,9-13,16-24,32,36H,3,7-8,14-15,25-27H2,1-2H3,(H,40,44)/t36-/m1/s1. The lowest BCUT2D eigenvalue weighted by atomic mass is 10.0. The summed E-state index contributed by atoms with van der Waals surface area (Å²) in [6.45, 7) is 3.71. The van der Waals surface area contributed by atoms with Gasteiger partial charge >= 0.3 is 0 Å². The Hall–Kier alpha value is -4.34. The van der Waals surface area contributed by atoms with Crippen molar-refractivity contribution < 1.29 is 22.7 Å². The van der Waals surface area contributed by atoms with Gasteiger partial charge in [0.25, 0.3) is 10.0 Å². The lowest BCUT2D eigenvalue weighted by molar-refractivity contribution is -0.140. The van der Waals surface area contributed by atoms with Crippen molar-refractivity contribution in [3.63, 3.8) is 0 Å². The summed E-state index contributed by atoms with van der Waals surface area (Å²) in [5.41, 5.74) is 2.80. The first-order valence-electron chi connectivity index (χ1n) is 16.3. The minimum atomic E-state index is -4.20. The van der Waals surface area contributed by atoms with E-state index in [0.29, 0.717) is 23.1 Å². The maximum absolute atomic E-state index is 14.7. The number of rotatable bonds is 14. The number of hydrogen-bond donors (Lipinski definition) is 1. The molecule has 1 saturated carbocycles. The number of hydrogen-bond acceptors (Lipinski definition) is 5. The lowest BCUT2D eigenvalue weighted by Crippen LogP contribution is -2.54. The van der Waals surface area contributed by atoms with E-state index < -0.39 is 28.5 Å². The number of ether oxygens (including phenoxy) is 1. The van der Waals surface area contributed by atoms with Gasteiger partial charge in [-0.2, -0.15) is 0 Å². The summed E-state index contributed by atoms with van der Waals surface area (Å²) in [7, 11) is -4.20. The number of sulfonamides is 1. The van der Waals surface area contributed by atoms with Gasteiger partial charge in [0, 0.05) is 24.0 Å². The fourth-order valence-electron chi connectivity index (χ4n) is 5.99. The summed E-state index contributed by atoms with van der Waals surface area (Å²) in [4.78, 5) is 30.4. The minimum absolute atomic E-state index is 0.0289. The Morgan fingerprint density at radius 2 is 1.56 bits per heavy atom. The molecule has 5 rings (SSSR count). The van der Waals surface area contributed by atoms with Crippen molar-refractivity contribution in [2.45, 2.75) is 69.5 Å². The SMILES string of the molecule is CCOc1ccc(N(CC(=O)N(Cc2cccc(Cl)c2)[C@H](Cc2ccccc2)C(=O)NC2CCCC2)S(=O)(=O)c2ccc(C)cc2)cc1. The zero-order chi connectivity index (χ0) is 34.1. The maximum atomic E-state index is 14.7. The van der Waals surface area contributed by atoms with Crippen molar-refractivity contribution in [3.05, 3.63) is 125 Å². The van der Waals surface area contributed by atoms with E-state index in [1.54, 1.807) is 54.6 Å². The molecule has 4 aromatic rings. The predicted molar refractivity (Wildman–Crippen MR) is 190 cm³/mol. The second-order valence-corrected chi connectivity index (χ2v) is 14.4. The van der Waals surface area contributed by atoms with E-state index in [2.05, 4.69) is 5.32 Å². The molecule has 0 heterocycles. The first-order valence-corrected chi connectivity index (χ1v) is 18.2. The van der Waals surface area contributed by atoms with E-state index in [1.165, 1.54) is 17.0 Å². The van der Waals surface area contributed by atoms with Crippen LogP contribution in [0.15, 0.2) is 108 Å². The van der Waals surface area contributed by atoms with Gasteiger partial charge in [-0.15, -0.1) is 0 Å². The van der Waals surface area contributed by atoms with Gasteiger partial charge in [-0.3, -0.25) is 13.9 Å². The number of anilines is 1. The molecule has 48 heavy (non-hydrogen) atoms. The molecule has 1 N–H and O–H groups in total. The van der Waals surface area contributed by atoms with Crippen LogP contribution in [0.5, 0.6) is 5.75 Å². The second-order valence-electron chi connectivity index (χ2n) is 12.1. The van der Waals surface area contributed by atoms with Crippen LogP contribution >= 0.6 is 11.6 Å². The molecule has 0 unspecified atom stereocenters. The number of nitrogens with one attached hydrogen (secondary N) is 1. The molecule has 10 heteroatoms. The molecule has 1 aliphatic rings. The van der Waals surface area contributed by atoms with Crippen LogP contribution in [0, 0.1) is 6.92 Å². The first kappa shape index (κ1) is 35.0. The maximum Gasteiger partial charge on any atom is 0.264 e. The molecular formula is C38H42ClN3O5S. The van der Waals surface area contributed by atoms with Crippen LogP contribution in [-0.4, -0.2) is 50.4 Å². The number of amides is 2. The number of halogens is 1. The topological polar surface area (TPSA) is 96.0 Å². The van der Waals surface area contributed by atoms with Crippen LogP contribution in [0.1, 0.15) is 49.3 Å². The van der Waals surface area contributed by atoms with Crippen LogP contribution in [0.4, 0.5) is 5.69 Å². The van der Waals surface area contributed by atoms with Gasteiger partial charge in [0.15, 0.2) is 0 Å². The van der Waals surface area contributed by atoms with Gasteiger partial charge in [0.05, 0.1) is 17.2 Å². The zero-order valence-electron chi connectivity index (χ0n) is 27.3. The van der Waals surface area contributed by atoms with E-state index in [-0.39, 0.29) is 29.8 Å². The van der Waals surface area contributed by atoms with Crippen molar-refractivity contribution in [2.24, 2.45) is 0 Å². The monoisotopic (exact) mass is 687 g/mol. The van der Waals surface area contributed by atoms with E-state index >= 15 is 0 Å². The van der Waals surface area contributed by atoms with E-state index in [1.807, 2.05) is 50.2 Å². The third kappa shape index (κ3) is 8.96. The first-order chi connectivity index (χ1) is 23.1. The predicted octanol–water partition coefficient (Wildman–Crippen LogP) is 6.94. The van der Waals surface area contributed by atoms with Crippen LogP contribution in [-0.2, 0) is 32.6 Å². The van der Waals surface area contributed by atoms with Gasteiger partial charge in [0.2, 0.25) is 11.8 Å². The van der Waals surface area contributed by atoms with Crippen molar-refractivity contribution >= 4 is 39.1 Å². The van der Waals surface area contributed by atoms with Gasteiger partial charge in [0.1, 0.15) is 18.3 Å². The number of carbonyl (C=O) groups is 2. The summed E-state index contributed by atoms with van der Waals surface area (Å²) in [6, 6.07) is 28.9. The average Bonchev–Trinajstić information content (AvgIpc) is 3.59. The molecule has 1 fully saturated rings. The minimum Gasteiger partial charge on any atom is -0.494 e. The molecule has 0 bridgehead atoms. The fraction of sp³-hybridized carbons (Fsp3) is 0.316. The second kappa shape index (κ2) is 16.2. The third-order valence-electron chi connectivity index (χ3n) is 8.54. The van der Waals surface area contributed by atoms with Gasteiger partial charge in [-0.25, -0.2) is 8.42 Å². The van der Waals surface area contributed by atoms with E-state index in [4.69, 9.17) is 16.3 Å². The number of carbonyl (C=O) groups excluding carboxylic acids is 2. The zero-order valence-corrected chi connectivity index (χ0v) is 28.9. The Bertz CT molecular complexity index is 1780. The highest BCUT2D eigenvalue weighted by atomic mass is 35.5. The van der Waals surface area contributed by atoms with E-state index in [9.17, 15) is 18.0 Å². The lowest BCUT2D eigenvalue weighted by Gasteiger charge is -2.34. The van der Waals surface area contributed by atoms with Gasteiger partial charge < -0.3 is 15.0 Å². The Balaban J connectivity index is 1.56. The van der Waals surface area contributed by atoms with Crippen LogP contribution < -0.4 is 14.4 Å². The summed E-state index contributed by atoms with van der Waals surface area (Å²) in [5.74, 6) is -0.216. The summed E-state index contributed by atoms with van der Waals surface area (Å²) in [6.07, 6.45) is 4.08. The van der Waals surface area contributed by atoms with Gasteiger partial charge in [-0.05, 0) is 86.3 Å². The highest BCUT2D eigenvalue weighted by Crippen LogP contribution is 2.28. The van der Waals surface area contributed by atoms with Crippen LogP contribution in [0.2, 0.25) is 5.02 Å². The molecule has 1 aliphatic carbocycles. The molecule has 252 valence electrons. The van der Waals surface area contributed by atoms with Crippen molar-refractivity contribution in [1.29, 1.82) is 0 Å². The third-order valence-corrected chi connectivity index (χ3v) is 10.6. The Morgan fingerprint density at radius 1 is 0.896 bits per heavy atom. The molecule has 0 aromatic heterocycles. The van der Waals surface area contributed by atoms with Crippen LogP contribution in [0.25, 0.3) is 0 Å². The molecule has 4 aromatic carbocycles. The molecule has 2 amide bonds. The quantitative estimate of drug-likeness (QED) is 0.155. The van der Waals surface area contributed by atoms with Crippen molar-refractivity contribution in [3.8, 4) is 5.75 Å². The summed E-state index contributed by atoms with van der Waals surface area (Å²) >= 11 is 6.35. The normalized spacial score (nSPS) is 13.9. The van der Waals surface area contributed by atoms with Crippen molar-refractivity contribution in [1.82, 2.24) is 10.2 Å². The fourth-order valence-corrected chi connectivity index (χ4v) is 7.62. The highest BCUT2D eigenvalue weighted by molar-refractivity contribution is 7.92. The molecular weight excluding hydrogens is 646 g/mol. The molecule has 0 saturated heterocycles. The Kier molecular flexibility index (Phi) is 11.8. The Morgan fingerprint density at radius 3 is 2.21 bits per heavy atom. The molecule has 8 nitrogen and oxygen atoms in total. The molecule has 0 radical (unpaired) electrons. The average molecular weight is 688 g/mol. The molecule has 0 spiro atoms. The number of benzene rings is 4. The smallest absolute Gasteiger partial charge is 0.264 e. The van der Waals surface area contributed by atoms with Crippen LogP contribution in [0.3, 0.4) is 0 Å².